The van der Waals surface area contributed by atoms with Crippen molar-refractivity contribution in [1.82, 2.24) is 5.32 Å². The SMILES string of the molecule is CC1(CNCc2cc(F)ccc2Br)COC1. The Bertz CT molecular complexity index is 379. The molecule has 1 aliphatic heterocycles. The molecular formula is C12H15BrFNO. The van der Waals surface area contributed by atoms with E-state index in [1.807, 2.05) is 0 Å². The van der Waals surface area contributed by atoms with Crippen molar-refractivity contribution in [1.29, 1.82) is 0 Å². The summed E-state index contributed by atoms with van der Waals surface area (Å²) in [7, 11) is 0. The lowest BCUT2D eigenvalue weighted by molar-refractivity contribution is -0.0991. The first-order valence-corrected chi connectivity index (χ1v) is 6.11. The van der Waals surface area contributed by atoms with Gasteiger partial charge in [-0.3, -0.25) is 0 Å². The molecule has 1 saturated heterocycles. The van der Waals surface area contributed by atoms with E-state index in [1.54, 1.807) is 12.1 Å². The van der Waals surface area contributed by atoms with Crippen LogP contribution in [0.1, 0.15) is 12.5 Å². The summed E-state index contributed by atoms with van der Waals surface area (Å²) in [4.78, 5) is 0. The van der Waals surface area contributed by atoms with Gasteiger partial charge >= 0.3 is 0 Å². The molecular weight excluding hydrogens is 273 g/mol. The molecule has 0 spiro atoms. The maximum Gasteiger partial charge on any atom is 0.123 e. The van der Waals surface area contributed by atoms with Crippen molar-refractivity contribution in [2.24, 2.45) is 5.41 Å². The molecule has 0 atom stereocenters. The van der Waals surface area contributed by atoms with Crippen molar-refractivity contribution in [2.75, 3.05) is 19.8 Å². The van der Waals surface area contributed by atoms with Gasteiger partial charge in [0.2, 0.25) is 0 Å². The van der Waals surface area contributed by atoms with E-state index >= 15 is 0 Å². The third-order valence-corrected chi connectivity index (χ3v) is 3.55. The minimum Gasteiger partial charge on any atom is -0.380 e. The Morgan fingerprint density at radius 3 is 2.88 bits per heavy atom. The van der Waals surface area contributed by atoms with E-state index in [0.29, 0.717) is 6.54 Å². The molecule has 0 amide bonds. The molecule has 2 nitrogen and oxygen atoms in total. The molecule has 1 fully saturated rings. The molecule has 0 radical (unpaired) electrons. The van der Waals surface area contributed by atoms with E-state index in [2.05, 4.69) is 28.2 Å². The molecule has 88 valence electrons. The van der Waals surface area contributed by atoms with Crippen molar-refractivity contribution in [3.05, 3.63) is 34.1 Å². The number of rotatable bonds is 4. The first-order chi connectivity index (χ1) is 7.59. The van der Waals surface area contributed by atoms with Gasteiger partial charge < -0.3 is 10.1 Å². The highest BCUT2D eigenvalue weighted by Gasteiger charge is 2.32. The fourth-order valence-electron chi connectivity index (χ4n) is 1.73. The Morgan fingerprint density at radius 2 is 2.25 bits per heavy atom. The van der Waals surface area contributed by atoms with E-state index in [4.69, 9.17) is 4.74 Å². The second-order valence-corrected chi connectivity index (χ2v) is 5.50. The Hall–Kier alpha value is -0.450. The van der Waals surface area contributed by atoms with Crippen LogP contribution in [0.3, 0.4) is 0 Å². The van der Waals surface area contributed by atoms with Crippen LogP contribution >= 0.6 is 15.9 Å². The Morgan fingerprint density at radius 1 is 1.50 bits per heavy atom. The summed E-state index contributed by atoms with van der Waals surface area (Å²) in [5, 5.41) is 3.34. The largest absolute Gasteiger partial charge is 0.380 e. The van der Waals surface area contributed by atoms with Crippen LogP contribution in [0.25, 0.3) is 0 Å². The van der Waals surface area contributed by atoms with E-state index in [0.717, 1.165) is 29.8 Å². The van der Waals surface area contributed by atoms with Crippen LogP contribution in [-0.4, -0.2) is 19.8 Å². The molecule has 1 aromatic rings. The molecule has 0 unspecified atom stereocenters. The summed E-state index contributed by atoms with van der Waals surface area (Å²) >= 11 is 3.41. The second kappa shape index (κ2) is 4.82. The Labute approximate surface area is 103 Å². The number of hydrogen-bond acceptors (Lipinski definition) is 2. The third-order valence-electron chi connectivity index (χ3n) is 2.78. The van der Waals surface area contributed by atoms with Crippen LogP contribution < -0.4 is 5.32 Å². The standard InChI is InChI=1S/C12H15BrFNO/c1-12(7-16-8-12)6-15-5-9-4-10(14)2-3-11(9)13/h2-4,15H,5-8H2,1H3. The molecule has 1 heterocycles. The topological polar surface area (TPSA) is 21.3 Å². The quantitative estimate of drug-likeness (QED) is 0.919. The molecule has 1 aliphatic rings. The summed E-state index contributed by atoms with van der Waals surface area (Å²) in [6.07, 6.45) is 0. The van der Waals surface area contributed by atoms with Crippen LogP contribution in [0, 0.1) is 11.2 Å². The maximum absolute atomic E-state index is 13.0. The van der Waals surface area contributed by atoms with Crippen LogP contribution in [0.2, 0.25) is 0 Å². The lowest BCUT2D eigenvalue weighted by Crippen LogP contribution is -2.47. The average Bonchev–Trinajstić information content (AvgIpc) is 2.21. The molecule has 0 bridgehead atoms. The fourth-order valence-corrected chi connectivity index (χ4v) is 2.12. The van der Waals surface area contributed by atoms with Crippen LogP contribution in [0.4, 0.5) is 4.39 Å². The summed E-state index contributed by atoms with van der Waals surface area (Å²) in [6.45, 7) is 5.38. The van der Waals surface area contributed by atoms with Gasteiger partial charge in [0.15, 0.2) is 0 Å². The first-order valence-electron chi connectivity index (χ1n) is 5.31. The fraction of sp³-hybridized carbons (Fsp3) is 0.500. The summed E-state index contributed by atoms with van der Waals surface area (Å²) in [6, 6.07) is 4.74. The highest BCUT2D eigenvalue weighted by Crippen LogP contribution is 2.25. The van der Waals surface area contributed by atoms with Crippen molar-refractivity contribution in [2.45, 2.75) is 13.5 Å². The Kier molecular flexibility index (Phi) is 3.62. The van der Waals surface area contributed by atoms with Gasteiger partial charge in [-0.05, 0) is 23.8 Å². The number of ether oxygens (including phenoxy) is 1. The molecule has 0 saturated carbocycles. The molecule has 2 rings (SSSR count). The first kappa shape index (κ1) is 12.0. The number of hydrogen-bond donors (Lipinski definition) is 1. The van der Waals surface area contributed by atoms with Crippen molar-refractivity contribution in [3.8, 4) is 0 Å². The monoisotopic (exact) mass is 287 g/mol. The molecule has 0 aromatic heterocycles. The smallest absolute Gasteiger partial charge is 0.123 e. The highest BCUT2D eigenvalue weighted by molar-refractivity contribution is 9.10. The molecule has 16 heavy (non-hydrogen) atoms. The van der Waals surface area contributed by atoms with Crippen LogP contribution in [0.5, 0.6) is 0 Å². The van der Waals surface area contributed by atoms with E-state index < -0.39 is 0 Å². The van der Waals surface area contributed by atoms with E-state index in [-0.39, 0.29) is 11.2 Å². The van der Waals surface area contributed by atoms with E-state index in [9.17, 15) is 4.39 Å². The molecule has 1 N–H and O–H groups in total. The lowest BCUT2D eigenvalue weighted by atomic mass is 9.89. The number of benzene rings is 1. The third kappa shape index (κ3) is 2.81. The Balaban J connectivity index is 1.87. The van der Waals surface area contributed by atoms with Gasteiger partial charge in [0.25, 0.3) is 0 Å². The van der Waals surface area contributed by atoms with Crippen LogP contribution in [-0.2, 0) is 11.3 Å². The molecule has 4 heteroatoms. The number of nitrogens with one attached hydrogen (secondary N) is 1. The lowest BCUT2D eigenvalue weighted by Gasteiger charge is -2.38. The summed E-state index contributed by atoms with van der Waals surface area (Å²) < 4.78 is 19.1. The summed E-state index contributed by atoms with van der Waals surface area (Å²) in [5.74, 6) is -0.196. The van der Waals surface area contributed by atoms with Crippen molar-refractivity contribution in [3.63, 3.8) is 0 Å². The zero-order valence-corrected chi connectivity index (χ0v) is 10.8. The van der Waals surface area contributed by atoms with Gasteiger partial charge in [-0.25, -0.2) is 4.39 Å². The minimum absolute atomic E-state index is 0.196. The van der Waals surface area contributed by atoms with Gasteiger partial charge in [-0.1, -0.05) is 22.9 Å². The van der Waals surface area contributed by atoms with Gasteiger partial charge in [-0.15, -0.1) is 0 Å². The predicted octanol–water partition coefficient (Wildman–Crippen LogP) is 2.71. The second-order valence-electron chi connectivity index (χ2n) is 4.64. The van der Waals surface area contributed by atoms with Gasteiger partial charge in [0.05, 0.1) is 13.2 Å². The van der Waals surface area contributed by atoms with Gasteiger partial charge in [0, 0.05) is 23.0 Å². The van der Waals surface area contributed by atoms with Crippen molar-refractivity contribution < 1.29 is 9.13 Å². The van der Waals surface area contributed by atoms with Crippen molar-refractivity contribution >= 4 is 15.9 Å². The van der Waals surface area contributed by atoms with Crippen LogP contribution in [0.15, 0.2) is 22.7 Å². The number of halogens is 2. The highest BCUT2D eigenvalue weighted by atomic mass is 79.9. The molecule has 0 aliphatic carbocycles. The van der Waals surface area contributed by atoms with Gasteiger partial charge in [0.1, 0.15) is 5.82 Å². The maximum atomic E-state index is 13.0. The summed E-state index contributed by atoms with van der Waals surface area (Å²) in [5.41, 5.74) is 1.20. The predicted molar refractivity (Wildman–Crippen MR) is 64.7 cm³/mol. The minimum atomic E-state index is -0.196. The van der Waals surface area contributed by atoms with E-state index in [1.165, 1.54) is 6.07 Å². The normalized spacial score (nSPS) is 18.2. The van der Waals surface area contributed by atoms with Gasteiger partial charge in [-0.2, -0.15) is 0 Å². The average molecular weight is 288 g/mol. The zero-order valence-electron chi connectivity index (χ0n) is 9.22. The molecule has 1 aromatic carbocycles. The zero-order chi connectivity index (χ0) is 11.6.